The molecule has 0 aromatic heterocycles. The molecule has 2 atom stereocenters. The van der Waals surface area contributed by atoms with Crippen molar-refractivity contribution in [1.29, 1.82) is 0 Å². The predicted octanol–water partition coefficient (Wildman–Crippen LogP) is 3.44. The van der Waals surface area contributed by atoms with Gasteiger partial charge in [-0.25, -0.2) is 0 Å². The van der Waals surface area contributed by atoms with E-state index in [2.05, 4.69) is 10.6 Å². The molecule has 2 aromatic rings. The lowest BCUT2D eigenvalue weighted by atomic mass is 10.1. The Morgan fingerprint density at radius 2 is 1.92 bits per heavy atom. The fourth-order valence-electron chi connectivity index (χ4n) is 2.91. The smallest absolute Gasteiger partial charge is 0.246 e. The lowest BCUT2D eigenvalue weighted by Gasteiger charge is -2.21. The first-order valence-corrected chi connectivity index (χ1v) is 8.50. The van der Waals surface area contributed by atoms with Gasteiger partial charge in [0.05, 0.1) is 6.10 Å². The Labute approximate surface area is 143 Å². The molecular weight excluding hydrogens is 300 g/mol. The number of hydrogen-bond acceptors (Lipinski definition) is 3. The van der Waals surface area contributed by atoms with Crippen molar-refractivity contribution in [2.45, 2.75) is 31.9 Å². The summed E-state index contributed by atoms with van der Waals surface area (Å²) in [5.74, 6) is -0.0527. The predicted molar refractivity (Wildman–Crippen MR) is 96.0 cm³/mol. The van der Waals surface area contributed by atoms with Gasteiger partial charge in [-0.2, -0.15) is 0 Å². The number of amides is 1. The molecule has 4 nitrogen and oxygen atoms in total. The van der Waals surface area contributed by atoms with Gasteiger partial charge in [-0.1, -0.05) is 48.0 Å². The Hall–Kier alpha value is -2.17. The highest BCUT2D eigenvalue weighted by atomic mass is 16.5. The maximum Gasteiger partial charge on any atom is 0.246 e. The molecule has 4 heteroatoms. The third-order valence-corrected chi connectivity index (χ3v) is 4.29. The van der Waals surface area contributed by atoms with E-state index in [0.29, 0.717) is 6.54 Å². The van der Waals surface area contributed by atoms with Crippen LogP contribution >= 0.6 is 0 Å². The summed E-state index contributed by atoms with van der Waals surface area (Å²) in [6, 6.07) is 17.3. The van der Waals surface area contributed by atoms with Gasteiger partial charge >= 0.3 is 0 Å². The van der Waals surface area contributed by atoms with Gasteiger partial charge in [0.25, 0.3) is 0 Å². The van der Waals surface area contributed by atoms with Crippen LogP contribution in [0.15, 0.2) is 54.6 Å². The van der Waals surface area contributed by atoms with Crippen LogP contribution in [-0.4, -0.2) is 25.2 Å². The first-order valence-electron chi connectivity index (χ1n) is 8.50. The van der Waals surface area contributed by atoms with Crippen molar-refractivity contribution in [3.8, 4) is 0 Å². The molecule has 1 amide bonds. The van der Waals surface area contributed by atoms with E-state index >= 15 is 0 Å². The largest absolute Gasteiger partial charge is 0.377 e. The quantitative estimate of drug-likeness (QED) is 0.856. The number of carbonyl (C=O) groups excluding carboxylic acids is 1. The Kier molecular flexibility index (Phi) is 5.62. The normalized spacial score (nSPS) is 18.3. The Morgan fingerprint density at radius 3 is 2.58 bits per heavy atom. The zero-order valence-corrected chi connectivity index (χ0v) is 14.0. The van der Waals surface area contributed by atoms with Crippen LogP contribution in [0.2, 0.25) is 0 Å². The minimum Gasteiger partial charge on any atom is -0.377 e. The Bertz CT molecular complexity index is 649. The second kappa shape index (κ2) is 8.08. The van der Waals surface area contributed by atoms with Gasteiger partial charge in [-0.15, -0.1) is 0 Å². The minimum atomic E-state index is -0.392. The van der Waals surface area contributed by atoms with Gasteiger partial charge in [-0.3, -0.25) is 10.1 Å². The number of carbonyl (C=O) groups is 1. The summed E-state index contributed by atoms with van der Waals surface area (Å²) < 4.78 is 5.66. The second-order valence-corrected chi connectivity index (χ2v) is 6.24. The van der Waals surface area contributed by atoms with Crippen molar-refractivity contribution in [1.82, 2.24) is 5.32 Å². The van der Waals surface area contributed by atoms with Crippen LogP contribution < -0.4 is 10.6 Å². The SMILES string of the molecule is Cc1ccc(NC(=O)[C@@H](NC[C@@H]2CCCO2)c2ccccc2)cc1. The lowest BCUT2D eigenvalue weighted by molar-refractivity contribution is -0.118. The molecule has 0 radical (unpaired) electrons. The molecule has 0 bridgehead atoms. The molecule has 2 N–H and O–H groups in total. The van der Waals surface area contributed by atoms with Crippen LogP contribution in [0.4, 0.5) is 5.69 Å². The zero-order valence-electron chi connectivity index (χ0n) is 14.0. The van der Waals surface area contributed by atoms with E-state index in [9.17, 15) is 4.79 Å². The lowest BCUT2D eigenvalue weighted by Crippen LogP contribution is -2.37. The monoisotopic (exact) mass is 324 g/mol. The highest BCUT2D eigenvalue weighted by Gasteiger charge is 2.23. The molecule has 2 aromatic carbocycles. The van der Waals surface area contributed by atoms with E-state index in [1.165, 1.54) is 5.56 Å². The summed E-state index contributed by atoms with van der Waals surface area (Å²) in [6.07, 6.45) is 2.34. The number of rotatable bonds is 6. The molecule has 0 unspecified atom stereocenters. The zero-order chi connectivity index (χ0) is 16.8. The number of aryl methyl sites for hydroxylation is 1. The van der Waals surface area contributed by atoms with Gasteiger partial charge in [0.1, 0.15) is 6.04 Å². The standard InChI is InChI=1S/C20H24N2O2/c1-15-9-11-17(12-10-15)22-20(23)19(16-6-3-2-4-7-16)21-14-18-8-5-13-24-18/h2-4,6-7,9-12,18-19,21H,5,8,13-14H2,1H3,(H,22,23)/t18-,19-/m0/s1. The molecule has 126 valence electrons. The van der Waals surface area contributed by atoms with Crippen molar-refractivity contribution < 1.29 is 9.53 Å². The van der Waals surface area contributed by atoms with Crippen LogP contribution in [0.25, 0.3) is 0 Å². The number of nitrogens with one attached hydrogen (secondary N) is 2. The molecule has 1 heterocycles. The molecular formula is C20H24N2O2. The summed E-state index contributed by atoms with van der Waals surface area (Å²) in [6.45, 7) is 3.53. The van der Waals surface area contributed by atoms with Crippen molar-refractivity contribution in [2.24, 2.45) is 0 Å². The summed E-state index contributed by atoms with van der Waals surface area (Å²) in [7, 11) is 0. The number of hydrogen-bond donors (Lipinski definition) is 2. The van der Waals surface area contributed by atoms with E-state index in [-0.39, 0.29) is 12.0 Å². The van der Waals surface area contributed by atoms with Gasteiger partial charge in [0, 0.05) is 18.8 Å². The van der Waals surface area contributed by atoms with Crippen LogP contribution in [0.1, 0.15) is 30.0 Å². The third-order valence-electron chi connectivity index (χ3n) is 4.29. The first-order chi connectivity index (χ1) is 11.7. The highest BCUT2D eigenvalue weighted by molar-refractivity contribution is 5.95. The van der Waals surface area contributed by atoms with Crippen LogP contribution in [0, 0.1) is 6.92 Å². The maximum atomic E-state index is 12.8. The van der Waals surface area contributed by atoms with Crippen molar-refractivity contribution >= 4 is 11.6 Å². The average Bonchev–Trinajstić information content (AvgIpc) is 3.12. The van der Waals surface area contributed by atoms with E-state index in [4.69, 9.17) is 4.74 Å². The molecule has 1 fully saturated rings. The molecule has 1 saturated heterocycles. The summed E-state index contributed by atoms with van der Waals surface area (Å²) in [5.41, 5.74) is 2.94. The Morgan fingerprint density at radius 1 is 1.17 bits per heavy atom. The number of benzene rings is 2. The topological polar surface area (TPSA) is 50.4 Å². The van der Waals surface area contributed by atoms with E-state index in [1.54, 1.807) is 0 Å². The van der Waals surface area contributed by atoms with E-state index in [0.717, 1.165) is 30.7 Å². The number of anilines is 1. The van der Waals surface area contributed by atoms with Crippen LogP contribution in [-0.2, 0) is 9.53 Å². The van der Waals surface area contributed by atoms with Crippen molar-refractivity contribution in [3.05, 3.63) is 65.7 Å². The molecule has 24 heavy (non-hydrogen) atoms. The number of ether oxygens (including phenoxy) is 1. The molecule has 1 aliphatic heterocycles. The molecule has 3 rings (SSSR count). The average molecular weight is 324 g/mol. The summed E-state index contributed by atoms with van der Waals surface area (Å²) >= 11 is 0. The molecule has 0 aliphatic carbocycles. The second-order valence-electron chi connectivity index (χ2n) is 6.24. The minimum absolute atomic E-state index is 0.0527. The highest BCUT2D eigenvalue weighted by Crippen LogP contribution is 2.18. The Balaban J connectivity index is 1.70. The van der Waals surface area contributed by atoms with Crippen LogP contribution in [0.3, 0.4) is 0 Å². The van der Waals surface area contributed by atoms with E-state index < -0.39 is 6.04 Å². The van der Waals surface area contributed by atoms with Crippen molar-refractivity contribution in [2.75, 3.05) is 18.5 Å². The molecule has 0 spiro atoms. The van der Waals surface area contributed by atoms with Gasteiger partial charge in [0.15, 0.2) is 0 Å². The molecule has 1 aliphatic rings. The van der Waals surface area contributed by atoms with Crippen molar-refractivity contribution in [3.63, 3.8) is 0 Å². The van der Waals surface area contributed by atoms with Gasteiger partial charge in [0.2, 0.25) is 5.91 Å². The fourth-order valence-corrected chi connectivity index (χ4v) is 2.91. The third kappa shape index (κ3) is 4.43. The first kappa shape index (κ1) is 16.7. The van der Waals surface area contributed by atoms with Gasteiger partial charge < -0.3 is 10.1 Å². The maximum absolute atomic E-state index is 12.8. The fraction of sp³-hybridized carbons (Fsp3) is 0.350. The van der Waals surface area contributed by atoms with Crippen LogP contribution in [0.5, 0.6) is 0 Å². The molecule has 0 saturated carbocycles. The van der Waals surface area contributed by atoms with E-state index in [1.807, 2.05) is 61.5 Å². The summed E-state index contributed by atoms with van der Waals surface area (Å²) in [4.78, 5) is 12.8. The van der Waals surface area contributed by atoms with Gasteiger partial charge in [-0.05, 0) is 37.5 Å². The summed E-state index contributed by atoms with van der Waals surface area (Å²) in [5, 5.41) is 6.37.